The van der Waals surface area contributed by atoms with E-state index in [4.69, 9.17) is 0 Å². The maximum absolute atomic E-state index is 12.1. The van der Waals surface area contributed by atoms with Crippen LogP contribution in [-0.2, 0) is 0 Å². The number of hydrogen-bond acceptors (Lipinski definition) is 4. The Hall–Kier alpha value is -1.65. The van der Waals surface area contributed by atoms with Crippen molar-refractivity contribution in [2.75, 3.05) is 25.5 Å². The van der Waals surface area contributed by atoms with E-state index < -0.39 is 0 Å². The number of hydrogen-bond donors (Lipinski definition) is 1. The molecule has 1 rings (SSSR count). The maximum Gasteiger partial charge on any atom is 0.273 e. The van der Waals surface area contributed by atoms with Gasteiger partial charge in [-0.1, -0.05) is 20.3 Å². The maximum atomic E-state index is 12.1. The summed E-state index contributed by atoms with van der Waals surface area (Å²) >= 11 is 0. The van der Waals surface area contributed by atoms with Crippen molar-refractivity contribution in [2.45, 2.75) is 27.2 Å². The van der Waals surface area contributed by atoms with Crippen molar-refractivity contribution in [3.05, 3.63) is 18.1 Å². The minimum absolute atomic E-state index is 0.0779. The van der Waals surface area contributed by atoms with Crippen molar-refractivity contribution in [1.29, 1.82) is 0 Å². The third kappa shape index (κ3) is 3.98. The monoisotopic (exact) mass is 250 g/mol. The molecule has 0 saturated heterocycles. The first-order chi connectivity index (χ1) is 8.58. The predicted molar refractivity (Wildman–Crippen MR) is 72.6 cm³/mol. The van der Waals surface area contributed by atoms with Crippen LogP contribution in [-0.4, -0.2) is 40.9 Å². The Morgan fingerprint density at radius 2 is 2.11 bits per heavy atom. The third-order valence-corrected chi connectivity index (χ3v) is 2.86. The number of anilines is 1. The summed E-state index contributed by atoms with van der Waals surface area (Å²) in [6.45, 7) is 7.76. The van der Waals surface area contributed by atoms with Gasteiger partial charge in [-0.15, -0.1) is 0 Å². The first kappa shape index (κ1) is 14.4. The molecule has 1 amide bonds. The first-order valence-corrected chi connectivity index (χ1v) is 6.39. The summed E-state index contributed by atoms with van der Waals surface area (Å²) < 4.78 is 0. The van der Waals surface area contributed by atoms with E-state index in [0.717, 1.165) is 19.5 Å². The lowest BCUT2D eigenvalue weighted by Gasteiger charge is -2.20. The molecule has 1 atom stereocenters. The fourth-order valence-electron chi connectivity index (χ4n) is 1.59. The van der Waals surface area contributed by atoms with E-state index in [-0.39, 0.29) is 5.91 Å². The molecular formula is C13H22N4O. The van der Waals surface area contributed by atoms with Gasteiger partial charge in [-0.3, -0.25) is 4.79 Å². The Kier molecular flexibility index (Phi) is 5.55. The SMILES string of the molecule is CCNc1cnc(C(=O)N(C)CC(C)CC)cn1. The van der Waals surface area contributed by atoms with Crippen LogP contribution in [0, 0.1) is 5.92 Å². The van der Waals surface area contributed by atoms with Crippen molar-refractivity contribution in [2.24, 2.45) is 5.92 Å². The zero-order chi connectivity index (χ0) is 13.5. The second-order valence-corrected chi connectivity index (χ2v) is 4.52. The number of nitrogens with zero attached hydrogens (tertiary/aromatic N) is 3. The van der Waals surface area contributed by atoms with Crippen LogP contribution < -0.4 is 5.32 Å². The van der Waals surface area contributed by atoms with Gasteiger partial charge in [-0.05, 0) is 12.8 Å². The summed E-state index contributed by atoms with van der Waals surface area (Å²) in [5, 5.41) is 3.05. The highest BCUT2D eigenvalue weighted by molar-refractivity contribution is 5.91. The van der Waals surface area contributed by atoms with Crippen molar-refractivity contribution in [3.63, 3.8) is 0 Å². The summed E-state index contributed by atoms with van der Waals surface area (Å²) in [5.74, 6) is 1.11. The molecule has 5 nitrogen and oxygen atoms in total. The lowest BCUT2D eigenvalue weighted by atomic mass is 10.1. The van der Waals surface area contributed by atoms with E-state index in [1.165, 1.54) is 6.20 Å². The minimum Gasteiger partial charge on any atom is -0.369 e. The Balaban J connectivity index is 2.65. The lowest BCUT2D eigenvalue weighted by molar-refractivity contribution is 0.0768. The van der Waals surface area contributed by atoms with Crippen LogP contribution in [0.5, 0.6) is 0 Å². The van der Waals surface area contributed by atoms with Gasteiger partial charge in [0.05, 0.1) is 12.4 Å². The minimum atomic E-state index is -0.0779. The molecule has 0 fully saturated rings. The van der Waals surface area contributed by atoms with Gasteiger partial charge < -0.3 is 10.2 Å². The van der Waals surface area contributed by atoms with E-state index >= 15 is 0 Å². The standard InChI is InChI=1S/C13H22N4O/c1-5-10(3)9-17(4)13(18)11-7-16-12(8-15-11)14-6-2/h7-8,10H,5-6,9H2,1-4H3,(H,14,16). The molecule has 0 bridgehead atoms. The molecule has 1 unspecified atom stereocenters. The highest BCUT2D eigenvalue weighted by Gasteiger charge is 2.15. The molecule has 0 aliphatic rings. The van der Waals surface area contributed by atoms with Crippen LogP contribution in [0.1, 0.15) is 37.7 Å². The van der Waals surface area contributed by atoms with E-state index in [1.807, 2.05) is 6.92 Å². The molecular weight excluding hydrogens is 228 g/mol. The summed E-state index contributed by atoms with van der Waals surface area (Å²) in [7, 11) is 1.80. The second-order valence-electron chi connectivity index (χ2n) is 4.52. The summed E-state index contributed by atoms with van der Waals surface area (Å²) in [4.78, 5) is 22.1. The zero-order valence-corrected chi connectivity index (χ0v) is 11.6. The average molecular weight is 250 g/mol. The van der Waals surface area contributed by atoms with Crippen molar-refractivity contribution in [3.8, 4) is 0 Å². The molecule has 1 N–H and O–H groups in total. The predicted octanol–water partition coefficient (Wildman–Crippen LogP) is 2.03. The Labute approximate surface area is 109 Å². The van der Waals surface area contributed by atoms with Crippen molar-refractivity contribution < 1.29 is 4.79 Å². The topological polar surface area (TPSA) is 58.1 Å². The largest absolute Gasteiger partial charge is 0.369 e. The number of nitrogens with one attached hydrogen (secondary N) is 1. The number of carbonyl (C=O) groups is 1. The van der Waals surface area contributed by atoms with Crippen LogP contribution in [0.4, 0.5) is 5.82 Å². The molecule has 0 aliphatic carbocycles. The van der Waals surface area contributed by atoms with E-state index in [9.17, 15) is 4.79 Å². The number of aromatic nitrogens is 2. The van der Waals surface area contributed by atoms with Gasteiger partial charge in [0.1, 0.15) is 11.5 Å². The highest BCUT2D eigenvalue weighted by atomic mass is 16.2. The number of amides is 1. The summed E-state index contributed by atoms with van der Waals surface area (Å²) in [6.07, 6.45) is 4.17. The van der Waals surface area contributed by atoms with Gasteiger partial charge in [-0.25, -0.2) is 9.97 Å². The van der Waals surface area contributed by atoms with Crippen molar-refractivity contribution >= 4 is 11.7 Å². The molecule has 0 radical (unpaired) electrons. The molecule has 100 valence electrons. The number of carbonyl (C=O) groups excluding carboxylic acids is 1. The van der Waals surface area contributed by atoms with Crippen molar-refractivity contribution in [1.82, 2.24) is 14.9 Å². The Bertz CT molecular complexity index is 377. The Morgan fingerprint density at radius 3 is 2.61 bits per heavy atom. The van der Waals surface area contributed by atoms with E-state index in [0.29, 0.717) is 17.4 Å². The molecule has 18 heavy (non-hydrogen) atoms. The zero-order valence-electron chi connectivity index (χ0n) is 11.6. The molecule has 1 heterocycles. The van der Waals surface area contributed by atoms with Crippen LogP contribution >= 0.6 is 0 Å². The van der Waals surface area contributed by atoms with Gasteiger partial charge in [-0.2, -0.15) is 0 Å². The van der Waals surface area contributed by atoms with Gasteiger partial charge >= 0.3 is 0 Å². The van der Waals surface area contributed by atoms with Gasteiger partial charge in [0.2, 0.25) is 0 Å². The second kappa shape index (κ2) is 6.93. The summed E-state index contributed by atoms with van der Waals surface area (Å²) in [5.41, 5.74) is 0.391. The molecule has 0 aliphatic heterocycles. The lowest BCUT2D eigenvalue weighted by Crippen LogP contribution is -2.31. The summed E-state index contributed by atoms with van der Waals surface area (Å²) in [6, 6.07) is 0. The van der Waals surface area contributed by atoms with Gasteiger partial charge in [0.25, 0.3) is 5.91 Å². The highest BCUT2D eigenvalue weighted by Crippen LogP contribution is 2.07. The molecule has 1 aromatic heterocycles. The van der Waals surface area contributed by atoms with Crippen LogP contribution in [0.2, 0.25) is 0 Å². The van der Waals surface area contributed by atoms with Crippen LogP contribution in [0.3, 0.4) is 0 Å². The fraction of sp³-hybridized carbons (Fsp3) is 0.615. The average Bonchev–Trinajstić information content (AvgIpc) is 2.39. The van der Waals surface area contributed by atoms with E-state index in [2.05, 4.69) is 29.1 Å². The first-order valence-electron chi connectivity index (χ1n) is 6.39. The fourth-order valence-corrected chi connectivity index (χ4v) is 1.59. The normalized spacial score (nSPS) is 12.0. The van der Waals surface area contributed by atoms with Gasteiger partial charge in [0.15, 0.2) is 0 Å². The van der Waals surface area contributed by atoms with Gasteiger partial charge in [0, 0.05) is 20.1 Å². The molecule has 0 spiro atoms. The molecule has 0 aromatic carbocycles. The van der Waals surface area contributed by atoms with Crippen LogP contribution in [0.15, 0.2) is 12.4 Å². The molecule has 1 aromatic rings. The smallest absolute Gasteiger partial charge is 0.273 e. The number of rotatable bonds is 6. The molecule has 5 heteroatoms. The Morgan fingerprint density at radius 1 is 1.39 bits per heavy atom. The quantitative estimate of drug-likeness (QED) is 0.839. The third-order valence-electron chi connectivity index (χ3n) is 2.86. The van der Waals surface area contributed by atoms with E-state index in [1.54, 1.807) is 18.1 Å². The van der Waals surface area contributed by atoms with Crippen LogP contribution in [0.25, 0.3) is 0 Å². The molecule has 0 saturated carbocycles.